The number of ketones is 1. The molecular weight excluding hydrogens is 448 g/mol. The number of amides is 1. The zero-order valence-electron chi connectivity index (χ0n) is 20.0. The highest BCUT2D eigenvalue weighted by Gasteiger charge is 2.47. The molecule has 1 aliphatic heterocycles. The molecule has 3 heterocycles. The molecule has 0 saturated carbocycles. The van der Waals surface area contributed by atoms with Crippen LogP contribution in [0.3, 0.4) is 0 Å². The molecule has 1 fully saturated rings. The van der Waals surface area contributed by atoms with E-state index in [1.165, 1.54) is 23.3 Å². The maximum atomic E-state index is 13.4. The molecule has 1 aromatic carbocycles. The number of ether oxygens (including phenoxy) is 1. The molecule has 1 aliphatic rings. The molecule has 176 valence electrons. The fraction of sp³-hybridized carbons (Fsp3) is 0.296. The monoisotopic (exact) mass is 476 g/mol. The van der Waals surface area contributed by atoms with Gasteiger partial charge < -0.3 is 14.7 Å². The van der Waals surface area contributed by atoms with Gasteiger partial charge in [-0.05, 0) is 59.2 Å². The van der Waals surface area contributed by atoms with E-state index >= 15 is 0 Å². The molecule has 2 aromatic heterocycles. The number of carbonyl (C=O) groups is 2. The van der Waals surface area contributed by atoms with Crippen molar-refractivity contribution in [2.45, 2.75) is 45.7 Å². The van der Waals surface area contributed by atoms with Crippen molar-refractivity contribution in [3.05, 3.63) is 86.9 Å². The van der Waals surface area contributed by atoms with E-state index in [9.17, 15) is 14.7 Å². The molecule has 1 saturated heterocycles. The van der Waals surface area contributed by atoms with Crippen LogP contribution in [0.5, 0.6) is 5.75 Å². The number of carbonyl (C=O) groups excluding carboxylic acids is 2. The number of hydrogen-bond donors (Lipinski definition) is 1. The Labute approximate surface area is 203 Å². The van der Waals surface area contributed by atoms with Gasteiger partial charge in [0.15, 0.2) is 0 Å². The summed E-state index contributed by atoms with van der Waals surface area (Å²) in [6.07, 6.45) is 1.65. The fourth-order valence-electron chi connectivity index (χ4n) is 4.15. The van der Waals surface area contributed by atoms with Crippen molar-refractivity contribution in [2.75, 3.05) is 7.11 Å². The first-order chi connectivity index (χ1) is 16.1. The number of hydrogen-bond acceptors (Lipinski definition) is 6. The van der Waals surface area contributed by atoms with Crippen molar-refractivity contribution in [3.8, 4) is 5.75 Å². The summed E-state index contributed by atoms with van der Waals surface area (Å²) in [5.74, 6) is -1.17. The van der Waals surface area contributed by atoms with Crippen LogP contribution in [0.4, 0.5) is 0 Å². The van der Waals surface area contributed by atoms with Gasteiger partial charge in [0.1, 0.15) is 17.6 Å². The van der Waals surface area contributed by atoms with E-state index < -0.39 is 17.7 Å². The Bertz CT molecular complexity index is 1270. The van der Waals surface area contributed by atoms with Crippen molar-refractivity contribution in [1.29, 1.82) is 0 Å². The Kier molecular flexibility index (Phi) is 6.32. The predicted molar refractivity (Wildman–Crippen MR) is 133 cm³/mol. The summed E-state index contributed by atoms with van der Waals surface area (Å²) in [6, 6.07) is 12.2. The lowest BCUT2D eigenvalue weighted by atomic mass is 9.85. The molecule has 6 nitrogen and oxygen atoms in total. The number of aliphatic hydroxyl groups excluding tert-OH is 1. The topological polar surface area (TPSA) is 79.7 Å². The van der Waals surface area contributed by atoms with E-state index in [-0.39, 0.29) is 23.3 Å². The molecule has 1 N–H and O–H groups in total. The molecule has 1 amide bonds. The van der Waals surface area contributed by atoms with Crippen LogP contribution in [-0.2, 0) is 21.5 Å². The number of nitrogens with zero attached hydrogens (tertiary/aromatic N) is 2. The van der Waals surface area contributed by atoms with Crippen LogP contribution in [0.2, 0.25) is 0 Å². The smallest absolute Gasteiger partial charge is 0.296 e. The van der Waals surface area contributed by atoms with Crippen LogP contribution < -0.4 is 4.74 Å². The zero-order valence-corrected chi connectivity index (χ0v) is 20.8. The molecular formula is C27H28N2O4S. The number of aryl methyl sites for hydroxylation is 1. The Morgan fingerprint density at radius 3 is 2.53 bits per heavy atom. The molecule has 4 rings (SSSR count). The maximum absolute atomic E-state index is 13.4. The molecule has 0 bridgehead atoms. The van der Waals surface area contributed by atoms with E-state index in [0.717, 1.165) is 16.0 Å². The minimum atomic E-state index is -0.718. The highest BCUT2D eigenvalue weighted by atomic mass is 32.1. The average molecular weight is 477 g/mol. The van der Waals surface area contributed by atoms with Crippen LogP contribution >= 0.6 is 11.3 Å². The second-order valence-corrected chi connectivity index (χ2v) is 10.3. The number of aromatic nitrogens is 1. The second kappa shape index (κ2) is 9.06. The van der Waals surface area contributed by atoms with Crippen molar-refractivity contribution < 1.29 is 19.4 Å². The van der Waals surface area contributed by atoms with Crippen molar-refractivity contribution in [3.63, 3.8) is 0 Å². The number of methoxy groups -OCH3 is 1. The number of pyridine rings is 1. The quantitative estimate of drug-likeness (QED) is 0.304. The highest BCUT2D eigenvalue weighted by Crippen LogP contribution is 2.44. The summed E-state index contributed by atoms with van der Waals surface area (Å²) in [6.45, 7) is 8.30. The van der Waals surface area contributed by atoms with Crippen LogP contribution in [0.15, 0.2) is 59.6 Å². The summed E-state index contributed by atoms with van der Waals surface area (Å²) in [7, 11) is 1.52. The van der Waals surface area contributed by atoms with E-state index in [2.05, 4.69) is 25.8 Å². The van der Waals surface area contributed by atoms with Gasteiger partial charge >= 0.3 is 0 Å². The van der Waals surface area contributed by atoms with E-state index in [0.29, 0.717) is 17.0 Å². The van der Waals surface area contributed by atoms with E-state index in [1.807, 2.05) is 42.6 Å². The van der Waals surface area contributed by atoms with Crippen LogP contribution in [-0.4, -0.2) is 33.8 Å². The average Bonchev–Trinajstić information content (AvgIpc) is 3.34. The van der Waals surface area contributed by atoms with Gasteiger partial charge in [0, 0.05) is 11.1 Å². The normalized spacial score (nSPS) is 17.9. The maximum Gasteiger partial charge on any atom is 0.296 e. The molecule has 1 atom stereocenters. The van der Waals surface area contributed by atoms with Gasteiger partial charge in [-0.25, -0.2) is 0 Å². The lowest BCUT2D eigenvalue weighted by Gasteiger charge is -2.25. The summed E-state index contributed by atoms with van der Waals surface area (Å²) in [5.41, 5.74) is 2.86. The minimum absolute atomic E-state index is 0.0656. The van der Waals surface area contributed by atoms with Gasteiger partial charge in [0.05, 0.1) is 30.5 Å². The standard InChI is InChI=1S/C27H28N2O4S/c1-16-11-13-34-25(16)22-21(24(31)26(32)29(22)15-18-8-6-7-12-28-18)23(30)19-14-17(27(2,3)4)9-10-20(19)33-5/h6-14,22,30H,15H2,1-5H3/b23-21+. The molecule has 7 heteroatoms. The third-order valence-electron chi connectivity index (χ3n) is 6.07. The fourth-order valence-corrected chi connectivity index (χ4v) is 5.20. The lowest BCUT2D eigenvalue weighted by molar-refractivity contribution is -0.140. The van der Waals surface area contributed by atoms with Gasteiger partial charge in [-0.3, -0.25) is 14.6 Å². The summed E-state index contributed by atoms with van der Waals surface area (Å²) < 4.78 is 5.52. The van der Waals surface area contributed by atoms with Crippen LogP contribution in [0.1, 0.15) is 54.1 Å². The van der Waals surface area contributed by atoms with Crippen LogP contribution in [0, 0.1) is 6.92 Å². The Morgan fingerprint density at radius 1 is 1.18 bits per heavy atom. The summed E-state index contributed by atoms with van der Waals surface area (Å²) >= 11 is 1.46. The number of benzene rings is 1. The van der Waals surface area contributed by atoms with E-state index in [1.54, 1.807) is 18.3 Å². The molecule has 0 aliphatic carbocycles. The van der Waals surface area contributed by atoms with Crippen molar-refractivity contribution in [2.24, 2.45) is 0 Å². The van der Waals surface area contributed by atoms with Crippen molar-refractivity contribution in [1.82, 2.24) is 9.88 Å². The number of thiophene rings is 1. The number of likely N-dealkylation sites (tertiary alicyclic amines) is 1. The van der Waals surface area contributed by atoms with Gasteiger partial charge in [0.25, 0.3) is 11.7 Å². The first-order valence-electron chi connectivity index (χ1n) is 11.0. The first kappa shape index (κ1) is 23.7. The summed E-state index contributed by atoms with van der Waals surface area (Å²) in [4.78, 5) is 33.2. The summed E-state index contributed by atoms with van der Waals surface area (Å²) in [5, 5.41) is 13.5. The minimum Gasteiger partial charge on any atom is -0.507 e. The third-order valence-corrected chi connectivity index (χ3v) is 7.14. The Hall–Kier alpha value is -3.45. The molecule has 1 unspecified atom stereocenters. The molecule has 0 spiro atoms. The van der Waals surface area contributed by atoms with Crippen molar-refractivity contribution >= 4 is 28.8 Å². The number of rotatable bonds is 5. The van der Waals surface area contributed by atoms with Gasteiger partial charge in [0.2, 0.25) is 0 Å². The number of Topliss-reactive ketones (excluding diaryl/α,β-unsaturated/α-hetero) is 1. The zero-order chi connectivity index (χ0) is 24.6. The molecule has 0 radical (unpaired) electrons. The first-order valence-corrected chi connectivity index (χ1v) is 11.9. The lowest BCUT2D eigenvalue weighted by Crippen LogP contribution is -2.29. The van der Waals surface area contributed by atoms with Gasteiger partial charge in [-0.15, -0.1) is 11.3 Å². The second-order valence-electron chi connectivity index (χ2n) is 9.38. The Morgan fingerprint density at radius 2 is 1.94 bits per heavy atom. The van der Waals surface area contributed by atoms with Gasteiger partial charge in [-0.1, -0.05) is 32.9 Å². The Balaban J connectivity index is 1.92. The largest absolute Gasteiger partial charge is 0.507 e. The third kappa shape index (κ3) is 4.23. The van der Waals surface area contributed by atoms with E-state index in [4.69, 9.17) is 4.74 Å². The SMILES string of the molecule is COc1ccc(C(C)(C)C)cc1/C(O)=C1\C(=O)C(=O)N(Cc2ccccn2)C1c1sccc1C. The number of aliphatic hydroxyl groups is 1. The predicted octanol–water partition coefficient (Wildman–Crippen LogP) is 5.38. The highest BCUT2D eigenvalue weighted by molar-refractivity contribution is 7.10. The van der Waals surface area contributed by atoms with Crippen LogP contribution in [0.25, 0.3) is 5.76 Å². The van der Waals surface area contributed by atoms with Gasteiger partial charge in [-0.2, -0.15) is 0 Å². The molecule has 3 aromatic rings. The molecule has 34 heavy (non-hydrogen) atoms.